The average Bonchev–Trinajstić information content (AvgIpc) is 3.22. The summed E-state index contributed by atoms with van der Waals surface area (Å²) in [6.45, 7) is 5.73. The lowest BCUT2D eigenvalue weighted by Crippen LogP contribution is -2.30. The number of benzene rings is 1. The highest BCUT2D eigenvalue weighted by Crippen LogP contribution is 2.22. The molecule has 24 heavy (non-hydrogen) atoms. The summed E-state index contributed by atoms with van der Waals surface area (Å²) >= 11 is 0. The Bertz CT molecular complexity index is 742. The molecule has 0 aliphatic carbocycles. The Hall–Kier alpha value is -2.28. The molecule has 1 fully saturated rings. The SMILES string of the molecule is CC(C)c1nc(C(=O)N2CCC(CN)C2)nn1-c1ccccc1F. The average molecular weight is 331 g/mol. The number of para-hydroxylation sites is 1. The quantitative estimate of drug-likeness (QED) is 0.929. The molecule has 128 valence electrons. The Morgan fingerprint density at radius 2 is 2.17 bits per heavy atom. The molecular weight excluding hydrogens is 309 g/mol. The number of carbonyl (C=O) groups excluding carboxylic acids is 1. The summed E-state index contributed by atoms with van der Waals surface area (Å²) in [5, 5.41) is 4.30. The van der Waals surface area contributed by atoms with E-state index in [9.17, 15) is 9.18 Å². The maximum Gasteiger partial charge on any atom is 0.293 e. The Morgan fingerprint density at radius 1 is 1.42 bits per heavy atom. The Labute approximate surface area is 140 Å². The van der Waals surface area contributed by atoms with Gasteiger partial charge in [0.1, 0.15) is 17.3 Å². The van der Waals surface area contributed by atoms with Crippen LogP contribution in [0.2, 0.25) is 0 Å². The molecule has 0 bridgehead atoms. The first-order valence-electron chi connectivity index (χ1n) is 8.22. The van der Waals surface area contributed by atoms with Crippen molar-refractivity contribution in [3.8, 4) is 5.69 Å². The van der Waals surface area contributed by atoms with E-state index in [0.717, 1.165) is 6.42 Å². The lowest BCUT2D eigenvalue weighted by atomic mass is 10.1. The van der Waals surface area contributed by atoms with Crippen molar-refractivity contribution in [2.75, 3.05) is 19.6 Å². The largest absolute Gasteiger partial charge is 0.336 e. The van der Waals surface area contributed by atoms with Crippen LogP contribution in [0.5, 0.6) is 0 Å². The first-order valence-corrected chi connectivity index (χ1v) is 8.22. The smallest absolute Gasteiger partial charge is 0.293 e. The number of amides is 1. The standard InChI is InChI=1S/C17H22FN5O/c1-11(2)16-20-15(17(24)22-8-7-12(9-19)10-22)21-23(16)14-6-4-3-5-13(14)18/h3-6,11-12H,7-10,19H2,1-2H3. The number of hydrogen-bond donors (Lipinski definition) is 1. The van der Waals surface area contributed by atoms with E-state index in [0.29, 0.717) is 37.1 Å². The zero-order valence-corrected chi connectivity index (χ0v) is 13.9. The van der Waals surface area contributed by atoms with Crippen LogP contribution in [0.25, 0.3) is 5.69 Å². The number of nitrogens with zero attached hydrogens (tertiary/aromatic N) is 4. The molecule has 1 aromatic heterocycles. The van der Waals surface area contributed by atoms with Crippen LogP contribution in [0.4, 0.5) is 4.39 Å². The van der Waals surface area contributed by atoms with E-state index in [1.165, 1.54) is 10.7 Å². The van der Waals surface area contributed by atoms with Crippen LogP contribution >= 0.6 is 0 Å². The monoisotopic (exact) mass is 331 g/mol. The first-order chi connectivity index (χ1) is 11.5. The van der Waals surface area contributed by atoms with Crippen LogP contribution in [0.3, 0.4) is 0 Å². The van der Waals surface area contributed by atoms with Crippen molar-refractivity contribution in [2.45, 2.75) is 26.2 Å². The minimum absolute atomic E-state index is 0.00836. The molecule has 1 amide bonds. The van der Waals surface area contributed by atoms with Gasteiger partial charge in [-0.2, -0.15) is 0 Å². The zero-order valence-electron chi connectivity index (χ0n) is 13.9. The Balaban J connectivity index is 1.95. The molecule has 1 unspecified atom stereocenters. The summed E-state index contributed by atoms with van der Waals surface area (Å²) in [6.07, 6.45) is 0.896. The fourth-order valence-corrected chi connectivity index (χ4v) is 2.94. The summed E-state index contributed by atoms with van der Waals surface area (Å²) in [7, 11) is 0. The summed E-state index contributed by atoms with van der Waals surface area (Å²) in [4.78, 5) is 18.8. The second-order valence-electron chi connectivity index (χ2n) is 6.45. The topological polar surface area (TPSA) is 77.0 Å². The third-order valence-corrected chi connectivity index (χ3v) is 4.33. The lowest BCUT2D eigenvalue weighted by Gasteiger charge is -2.13. The summed E-state index contributed by atoms with van der Waals surface area (Å²) < 4.78 is 15.6. The molecule has 1 atom stereocenters. The van der Waals surface area contributed by atoms with E-state index in [1.807, 2.05) is 13.8 Å². The second-order valence-corrected chi connectivity index (χ2v) is 6.45. The highest BCUT2D eigenvalue weighted by atomic mass is 19.1. The van der Waals surface area contributed by atoms with Crippen molar-refractivity contribution in [1.82, 2.24) is 19.7 Å². The van der Waals surface area contributed by atoms with Gasteiger partial charge in [-0.3, -0.25) is 4.79 Å². The lowest BCUT2D eigenvalue weighted by molar-refractivity contribution is 0.0775. The van der Waals surface area contributed by atoms with Gasteiger partial charge < -0.3 is 10.6 Å². The van der Waals surface area contributed by atoms with Crippen LogP contribution in [0.15, 0.2) is 24.3 Å². The highest BCUT2D eigenvalue weighted by Gasteiger charge is 2.29. The van der Waals surface area contributed by atoms with Crippen LogP contribution in [0, 0.1) is 11.7 Å². The molecule has 7 heteroatoms. The molecule has 2 heterocycles. The van der Waals surface area contributed by atoms with Crippen LogP contribution in [0.1, 0.15) is 42.6 Å². The van der Waals surface area contributed by atoms with Gasteiger partial charge in [-0.05, 0) is 31.0 Å². The van der Waals surface area contributed by atoms with Crippen LogP contribution in [-0.2, 0) is 0 Å². The first kappa shape index (κ1) is 16.6. The minimum Gasteiger partial charge on any atom is -0.336 e. The molecule has 1 aromatic carbocycles. The molecule has 0 radical (unpaired) electrons. The van der Waals surface area contributed by atoms with Crippen LogP contribution in [-0.4, -0.2) is 45.2 Å². The van der Waals surface area contributed by atoms with Gasteiger partial charge in [0.15, 0.2) is 0 Å². The second kappa shape index (κ2) is 6.68. The van der Waals surface area contributed by atoms with Crippen molar-refractivity contribution in [3.05, 3.63) is 41.7 Å². The summed E-state index contributed by atoms with van der Waals surface area (Å²) in [5.41, 5.74) is 5.98. The predicted molar refractivity (Wildman–Crippen MR) is 88.5 cm³/mol. The molecular formula is C17H22FN5O. The fraction of sp³-hybridized carbons (Fsp3) is 0.471. The normalized spacial score (nSPS) is 17.7. The summed E-state index contributed by atoms with van der Waals surface area (Å²) in [6, 6.07) is 6.35. The van der Waals surface area contributed by atoms with Crippen molar-refractivity contribution >= 4 is 5.91 Å². The molecule has 1 aliphatic rings. The van der Waals surface area contributed by atoms with Gasteiger partial charge in [0.2, 0.25) is 5.82 Å². The number of hydrogen-bond acceptors (Lipinski definition) is 4. The number of aromatic nitrogens is 3. The van der Waals surface area contributed by atoms with Gasteiger partial charge in [-0.15, -0.1) is 5.10 Å². The van der Waals surface area contributed by atoms with Gasteiger partial charge >= 0.3 is 0 Å². The van der Waals surface area contributed by atoms with E-state index in [2.05, 4.69) is 10.1 Å². The number of carbonyl (C=O) groups is 1. The highest BCUT2D eigenvalue weighted by molar-refractivity contribution is 5.90. The van der Waals surface area contributed by atoms with E-state index < -0.39 is 5.82 Å². The Kier molecular flexibility index (Phi) is 4.62. The predicted octanol–water partition coefficient (Wildman–Crippen LogP) is 1.95. The molecule has 1 aliphatic heterocycles. The van der Waals surface area contributed by atoms with Crippen molar-refractivity contribution < 1.29 is 9.18 Å². The van der Waals surface area contributed by atoms with Crippen molar-refractivity contribution in [3.63, 3.8) is 0 Å². The molecule has 0 saturated carbocycles. The van der Waals surface area contributed by atoms with Gasteiger partial charge in [-0.1, -0.05) is 26.0 Å². The third kappa shape index (κ3) is 3.03. The van der Waals surface area contributed by atoms with Crippen molar-refractivity contribution in [2.24, 2.45) is 11.7 Å². The van der Waals surface area contributed by atoms with Gasteiger partial charge in [0, 0.05) is 19.0 Å². The van der Waals surface area contributed by atoms with E-state index in [-0.39, 0.29) is 17.6 Å². The number of rotatable bonds is 4. The molecule has 1 saturated heterocycles. The number of nitrogens with two attached hydrogens (primary N) is 1. The third-order valence-electron chi connectivity index (χ3n) is 4.33. The van der Waals surface area contributed by atoms with Crippen LogP contribution < -0.4 is 5.73 Å². The summed E-state index contributed by atoms with van der Waals surface area (Å²) in [5.74, 6) is 0.398. The molecule has 6 nitrogen and oxygen atoms in total. The van der Waals surface area contributed by atoms with E-state index >= 15 is 0 Å². The number of halogens is 1. The van der Waals surface area contributed by atoms with E-state index in [1.54, 1.807) is 23.1 Å². The van der Waals surface area contributed by atoms with Gasteiger partial charge in [-0.25, -0.2) is 14.1 Å². The molecule has 2 aromatic rings. The van der Waals surface area contributed by atoms with Gasteiger partial charge in [0.05, 0.1) is 0 Å². The minimum atomic E-state index is -0.396. The maximum atomic E-state index is 14.1. The van der Waals surface area contributed by atoms with E-state index in [4.69, 9.17) is 5.73 Å². The fourth-order valence-electron chi connectivity index (χ4n) is 2.94. The number of likely N-dealkylation sites (tertiary alicyclic amines) is 1. The molecule has 3 rings (SSSR count). The molecule has 0 spiro atoms. The molecule has 2 N–H and O–H groups in total. The Morgan fingerprint density at radius 3 is 2.79 bits per heavy atom. The van der Waals surface area contributed by atoms with Crippen molar-refractivity contribution in [1.29, 1.82) is 0 Å². The van der Waals surface area contributed by atoms with Gasteiger partial charge in [0.25, 0.3) is 5.91 Å². The maximum absolute atomic E-state index is 14.1. The zero-order chi connectivity index (χ0) is 17.3.